The molecule has 0 aromatic heterocycles. The summed E-state index contributed by atoms with van der Waals surface area (Å²) in [6.07, 6.45) is 1.12. The van der Waals surface area contributed by atoms with Crippen LogP contribution in [0, 0.1) is 10.8 Å². The van der Waals surface area contributed by atoms with E-state index in [9.17, 15) is 0 Å². The summed E-state index contributed by atoms with van der Waals surface area (Å²) in [5.74, 6) is 0. The monoisotopic (exact) mass is 305 g/mol. The van der Waals surface area contributed by atoms with Crippen molar-refractivity contribution in [2.45, 2.75) is 51.2 Å². The first kappa shape index (κ1) is 17.0. The second-order valence-electron chi connectivity index (χ2n) is 6.73. The molecular weight excluding hydrogens is 277 g/mol. The molecule has 16 heavy (non-hydrogen) atoms. The van der Waals surface area contributed by atoms with E-state index in [1.54, 1.807) is 0 Å². The second-order valence-corrected chi connectivity index (χ2v) is 9.37. The van der Waals surface area contributed by atoms with Crippen molar-refractivity contribution in [1.29, 1.82) is 0 Å². The molecule has 2 nitrogen and oxygen atoms in total. The average Bonchev–Trinajstić information content (AvgIpc) is 2.06. The van der Waals surface area contributed by atoms with E-state index in [1.807, 2.05) is 0 Å². The van der Waals surface area contributed by atoms with Gasteiger partial charge in [-0.25, -0.2) is 0 Å². The van der Waals surface area contributed by atoms with Gasteiger partial charge in [0, 0.05) is 0 Å². The van der Waals surface area contributed by atoms with Crippen LogP contribution in [0.2, 0.25) is 3.23 Å². The number of hydrogen-bond donors (Lipinski definition) is 0. The van der Waals surface area contributed by atoms with Crippen LogP contribution in [0.25, 0.3) is 0 Å². The third kappa shape index (κ3) is 15.0. The fraction of sp³-hybridized carbons (Fsp3) is 1.00. The zero-order valence-corrected chi connectivity index (χ0v) is 14.8. The Morgan fingerprint density at radius 3 is 1.94 bits per heavy atom. The topological polar surface area (TPSA) is 18.5 Å². The Hall–Kier alpha value is 1.02. The molecule has 0 N–H and O–H groups in total. The van der Waals surface area contributed by atoms with Gasteiger partial charge in [-0.3, -0.25) is 0 Å². The van der Waals surface area contributed by atoms with Gasteiger partial charge in [0.25, 0.3) is 0 Å². The molecule has 0 fully saturated rings. The normalized spacial score (nSPS) is 12.6. The van der Waals surface area contributed by atoms with Crippen LogP contribution >= 0.6 is 0 Å². The van der Waals surface area contributed by atoms with E-state index < -0.39 is 29.7 Å². The van der Waals surface area contributed by atoms with Gasteiger partial charge in [0.2, 0.25) is 0 Å². The molecule has 95 valence electrons. The second kappa shape index (κ2) is 8.18. The first-order valence-electron chi connectivity index (χ1n) is 6.22. The Balaban J connectivity index is 3.17. The van der Waals surface area contributed by atoms with Crippen molar-refractivity contribution in [2.75, 3.05) is 19.8 Å². The third-order valence-corrected chi connectivity index (χ3v) is 6.73. The van der Waals surface area contributed by atoms with E-state index in [0.29, 0.717) is 10.8 Å². The van der Waals surface area contributed by atoms with E-state index >= 15 is 0 Å². The Bertz CT molecular complexity index is 148. The van der Waals surface area contributed by atoms with Crippen LogP contribution in [0.1, 0.15) is 48.0 Å². The number of ether oxygens (including phenoxy) is 1. The van der Waals surface area contributed by atoms with Crippen LogP contribution < -0.4 is 0 Å². The molecule has 0 bridgehead atoms. The van der Waals surface area contributed by atoms with Crippen LogP contribution in [0.4, 0.5) is 0 Å². The zero-order chi connectivity index (χ0) is 12.7. The summed E-state index contributed by atoms with van der Waals surface area (Å²) in [6.45, 7) is 16.0. The summed E-state index contributed by atoms with van der Waals surface area (Å²) in [5.41, 5.74) is 0.833. The molecule has 0 heterocycles. The van der Waals surface area contributed by atoms with Crippen molar-refractivity contribution < 1.29 is 36.5 Å². The van der Waals surface area contributed by atoms with E-state index in [4.69, 9.17) is 6.79 Å². The van der Waals surface area contributed by atoms with E-state index in [0.717, 1.165) is 26.2 Å². The molecule has 0 saturated heterocycles. The summed E-state index contributed by atoms with van der Waals surface area (Å²) >= 11 is -0.767. The van der Waals surface area contributed by atoms with E-state index in [1.165, 1.54) is 3.23 Å². The van der Waals surface area contributed by atoms with Gasteiger partial charge in [-0.1, -0.05) is 0 Å². The summed E-state index contributed by atoms with van der Waals surface area (Å²) in [4.78, 5) is 0. The van der Waals surface area contributed by atoms with Crippen molar-refractivity contribution in [3.05, 3.63) is 0 Å². The summed E-state index contributed by atoms with van der Waals surface area (Å²) in [7, 11) is 0. The molecular formula is C13H28O2Y. The van der Waals surface area contributed by atoms with Crippen molar-refractivity contribution in [3.63, 3.8) is 0 Å². The van der Waals surface area contributed by atoms with Crippen LogP contribution in [-0.4, -0.2) is 19.8 Å². The van der Waals surface area contributed by atoms with Gasteiger partial charge in [-0.2, -0.15) is 0 Å². The van der Waals surface area contributed by atoms with E-state index in [-0.39, 0.29) is 0 Å². The minimum atomic E-state index is -0.767. The Morgan fingerprint density at radius 2 is 1.44 bits per heavy atom. The van der Waals surface area contributed by atoms with Gasteiger partial charge in [-0.15, -0.1) is 0 Å². The maximum absolute atomic E-state index is 5.71. The van der Waals surface area contributed by atoms with Gasteiger partial charge in [0.15, 0.2) is 0 Å². The molecule has 0 rings (SSSR count). The fourth-order valence-electron chi connectivity index (χ4n) is 0.980. The Kier molecular flexibility index (Phi) is 8.71. The van der Waals surface area contributed by atoms with Gasteiger partial charge < -0.3 is 0 Å². The number of hydrogen-bond acceptors (Lipinski definition) is 2. The molecule has 0 unspecified atom stereocenters. The first-order valence-corrected chi connectivity index (χ1v) is 9.38. The molecule has 0 radical (unpaired) electrons. The molecule has 0 aromatic rings. The van der Waals surface area contributed by atoms with Crippen LogP contribution in [0.15, 0.2) is 0 Å². The van der Waals surface area contributed by atoms with Crippen molar-refractivity contribution in [3.8, 4) is 0 Å². The van der Waals surface area contributed by atoms with Crippen LogP contribution in [-0.2, 0) is 36.5 Å². The molecule has 3 heteroatoms. The van der Waals surface area contributed by atoms with Gasteiger partial charge >= 0.3 is 118 Å². The van der Waals surface area contributed by atoms with Crippen molar-refractivity contribution in [2.24, 2.45) is 10.8 Å². The molecule has 0 aliphatic carbocycles. The molecule has 0 aliphatic heterocycles. The predicted octanol–water partition coefficient (Wildman–Crippen LogP) is 3.92. The molecule has 0 aliphatic rings. The predicted molar refractivity (Wildman–Crippen MR) is 65.1 cm³/mol. The van der Waals surface area contributed by atoms with Gasteiger partial charge in [-0.05, 0) is 0 Å². The van der Waals surface area contributed by atoms with Crippen LogP contribution in [0.3, 0.4) is 0 Å². The minimum absolute atomic E-state index is 0.380. The van der Waals surface area contributed by atoms with Crippen LogP contribution in [0.5, 0.6) is 0 Å². The maximum atomic E-state index is 5.71. The SMILES string of the molecule is CC(C)(C)CCOCC[O][Y][CH2]C(C)(C)C. The molecule has 0 aromatic carbocycles. The van der Waals surface area contributed by atoms with Crippen molar-refractivity contribution in [1.82, 2.24) is 0 Å². The van der Waals surface area contributed by atoms with E-state index in [2.05, 4.69) is 41.5 Å². The fourth-order valence-corrected chi connectivity index (χ4v) is 3.14. The Labute approximate surface area is 118 Å². The summed E-state index contributed by atoms with van der Waals surface area (Å²) in [5, 5.41) is 0. The molecule has 0 saturated carbocycles. The van der Waals surface area contributed by atoms with Gasteiger partial charge in [0.05, 0.1) is 0 Å². The zero-order valence-electron chi connectivity index (χ0n) is 11.9. The quantitative estimate of drug-likeness (QED) is 0.664. The third-order valence-electron chi connectivity index (χ3n) is 2.16. The molecule has 0 amide bonds. The Morgan fingerprint density at radius 1 is 0.812 bits per heavy atom. The standard InChI is InChI=1S/C8H17O2.C5H11.Y/c1-8(2,3)4-6-10-7-5-9;1-5(2,3)4;/h4-7H2,1-3H3;1H2,2-4H3;/q-1;;+1. The molecule has 0 atom stereocenters. The average molecular weight is 305 g/mol. The summed E-state index contributed by atoms with van der Waals surface area (Å²) in [6, 6.07) is 0. The summed E-state index contributed by atoms with van der Waals surface area (Å²) < 4.78 is 12.6. The van der Waals surface area contributed by atoms with Crippen molar-refractivity contribution >= 4 is 0 Å². The van der Waals surface area contributed by atoms with Gasteiger partial charge in [0.1, 0.15) is 0 Å². The first-order chi connectivity index (χ1) is 7.21. The number of rotatable bonds is 7. The molecule has 0 spiro atoms.